The Morgan fingerprint density at radius 1 is 1.29 bits per heavy atom. The fourth-order valence-electron chi connectivity index (χ4n) is 2.25. The molecular formula is C14H23N3. The Labute approximate surface area is 104 Å². The summed E-state index contributed by atoms with van der Waals surface area (Å²) in [6, 6.07) is 4.37. The van der Waals surface area contributed by atoms with Gasteiger partial charge in [0, 0.05) is 24.8 Å². The van der Waals surface area contributed by atoms with Crippen LogP contribution in [0.5, 0.6) is 0 Å². The predicted octanol–water partition coefficient (Wildman–Crippen LogP) is 2.22. The molecule has 94 valence electrons. The van der Waals surface area contributed by atoms with Crippen LogP contribution in [0.15, 0.2) is 18.3 Å². The smallest absolute Gasteiger partial charge is 0.128 e. The third kappa shape index (κ3) is 3.19. The standard InChI is InChI=1S/C14H23N3/c1-14(2,15-3)10-12-6-7-13(16-11-12)17-8-4-5-9-17/h6-7,11,15H,4-5,8-10H2,1-3H3. The van der Waals surface area contributed by atoms with Crippen molar-refractivity contribution in [3.05, 3.63) is 23.9 Å². The summed E-state index contributed by atoms with van der Waals surface area (Å²) in [4.78, 5) is 6.95. The second-order valence-corrected chi connectivity index (χ2v) is 5.53. The van der Waals surface area contributed by atoms with Gasteiger partial charge in [0.1, 0.15) is 5.82 Å². The highest BCUT2D eigenvalue weighted by atomic mass is 15.2. The van der Waals surface area contributed by atoms with Gasteiger partial charge in [0.25, 0.3) is 0 Å². The first-order chi connectivity index (χ1) is 8.11. The quantitative estimate of drug-likeness (QED) is 0.864. The molecular weight excluding hydrogens is 210 g/mol. The molecule has 0 unspecified atom stereocenters. The minimum absolute atomic E-state index is 0.136. The molecule has 0 radical (unpaired) electrons. The number of nitrogens with zero attached hydrogens (tertiary/aromatic N) is 2. The molecule has 1 aromatic heterocycles. The summed E-state index contributed by atoms with van der Waals surface area (Å²) in [6.07, 6.45) is 5.63. The zero-order valence-electron chi connectivity index (χ0n) is 11.2. The van der Waals surface area contributed by atoms with Gasteiger partial charge < -0.3 is 10.2 Å². The van der Waals surface area contributed by atoms with E-state index < -0.39 is 0 Å². The Kier molecular flexibility index (Phi) is 3.67. The first kappa shape index (κ1) is 12.4. The molecule has 1 aliphatic heterocycles. The molecule has 0 saturated carbocycles. The Balaban J connectivity index is 2.02. The Morgan fingerprint density at radius 3 is 2.53 bits per heavy atom. The first-order valence-corrected chi connectivity index (χ1v) is 6.49. The molecule has 2 heterocycles. The van der Waals surface area contributed by atoms with Gasteiger partial charge in [-0.3, -0.25) is 0 Å². The van der Waals surface area contributed by atoms with Gasteiger partial charge in [-0.15, -0.1) is 0 Å². The van der Waals surface area contributed by atoms with E-state index in [4.69, 9.17) is 0 Å². The fraction of sp³-hybridized carbons (Fsp3) is 0.643. The van der Waals surface area contributed by atoms with E-state index in [1.54, 1.807) is 0 Å². The summed E-state index contributed by atoms with van der Waals surface area (Å²) in [6.45, 7) is 6.74. The zero-order valence-corrected chi connectivity index (χ0v) is 11.2. The van der Waals surface area contributed by atoms with Crippen LogP contribution in [0, 0.1) is 0 Å². The third-order valence-corrected chi connectivity index (χ3v) is 3.56. The summed E-state index contributed by atoms with van der Waals surface area (Å²) < 4.78 is 0. The summed E-state index contributed by atoms with van der Waals surface area (Å²) in [5, 5.41) is 3.32. The SMILES string of the molecule is CNC(C)(C)Cc1ccc(N2CCCC2)nc1. The maximum absolute atomic E-state index is 4.58. The van der Waals surface area contributed by atoms with Gasteiger partial charge >= 0.3 is 0 Å². The van der Waals surface area contributed by atoms with E-state index in [1.165, 1.54) is 18.4 Å². The maximum Gasteiger partial charge on any atom is 0.128 e. The summed E-state index contributed by atoms with van der Waals surface area (Å²) >= 11 is 0. The molecule has 3 heteroatoms. The van der Waals surface area contributed by atoms with Gasteiger partial charge in [-0.25, -0.2) is 4.98 Å². The normalized spacial score (nSPS) is 16.5. The molecule has 1 saturated heterocycles. The van der Waals surface area contributed by atoms with E-state index in [2.05, 4.69) is 41.2 Å². The van der Waals surface area contributed by atoms with Crippen molar-refractivity contribution in [2.75, 3.05) is 25.0 Å². The second kappa shape index (κ2) is 5.05. The highest BCUT2D eigenvalue weighted by molar-refractivity contribution is 5.40. The number of rotatable bonds is 4. The van der Waals surface area contributed by atoms with E-state index in [-0.39, 0.29) is 5.54 Å². The van der Waals surface area contributed by atoms with E-state index in [0.717, 1.165) is 25.3 Å². The van der Waals surface area contributed by atoms with Crippen molar-refractivity contribution in [1.29, 1.82) is 0 Å². The molecule has 0 aromatic carbocycles. The lowest BCUT2D eigenvalue weighted by Gasteiger charge is -2.24. The number of nitrogens with one attached hydrogen (secondary N) is 1. The number of pyridine rings is 1. The Bertz CT molecular complexity index is 350. The molecule has 0 aliphatic carbocycles. The van der Waals surface area contributed by atoms with Crippen molar-refractivity contribution >= 4 is 5.82 Å². The first-order valence-electron chi connectivity index (χ1n) is 6.49. The van der Waals surface area contributed by atoms with E-state index in [9.17, 15) is 0 Å². The van der Waals surface area contributed by atoms with Crippen LogP contribution in [0.2, 0.25) is 0 Å². The lowest BCUT2D eigenvalue weighted by molar-refractivity contribution is 0.421. The van der Waals surface area contributed by atoms with Gasteiger partial charge in [0.15, 0.2) is 0 Å². The largest absolute Gasteiger partial charge is 0.357 e. The van der Waals surface area contributed by atoms with Crippen molar-refractivity contribution < 1.29 is 0 Å². The molecule has 3 nitrogen and oxygen atoms in total. The van der Waals surface area contributed by atoms with Gasteiger partial charge in [0.2, 0.25) is 0 Å². The number of anilines is 1. The molecule has 1 fully saturated rings. The third-order valence-electron chi connectivity index (χ3n) is 3.56. The van der Waals surface area contributed by atoms with Crippen LogP contribution in [0.3, 0.4) is 0 Å². The number of hydrogen-bond acceptors (Lipinski definition) is 3. The van der Waals surface area contributed by atoms with Crippen LogP contribution in [-0.4, -0.2) is 30.7 Å². The van der Waals surface area contributed by atoms with Crippen molar-refractivity contribution in [3.8, 4) is 0 Å². The average molecular weight is 233 g/mol. The monoisotopic (exact) mass is 233 g/mol. The highest BCUT2D eigenvalue weighted by Gasteiger charge is 2.17. The number of hydrogen-bond donors (Lipinski definition) is 1. The van der Waals surface area contributed by atoms with Crippen LogP contribution < -0.4 is 10.2 Å². The van der Waals surface area contributed by atoms with E-state index >= 15 is 0 Å². The van der Waals surface area contributed by atoms with Crippen LogP contribution in [0.25, 0.3) is 0 Å². The molecule has 1 aliphatic rings. The number of likely N-dealkylation sites (N-methyl/N-ethyl adjacent to an activating group) is 1. The summed E-state index contributed by atoms with van der Waals surface area (Å²) in [5.41, 5.74) is 1.43. The summed E-state index contributed by atoms with van der Waals surface area (Å²) in [5.74, 6) is 1.13. The fourth-order valence-corrected chi connectivity index (χ4v) is 2.25. The van der Waals surface area contributed by atoms with Crippen LogP contribution in [0.1, 0.15) is 32.3 Å². The van der Waals surface area contributed by atoms with Crippen molar-refractivity contribution in [3.63, 3.8) is 0 Å². The van der Waals surface area contributed by atoms with E-state index in [1.807, 2.05) is 13.2 Å². The predicted molar refractivity (Wildman–Crippen MR) is 72.5 cm³/mol. The zero-order chi connectivity index (χ0) is 12.3. The minimum atomic E-state index is 0.136. The molecule has 0 spiro atoms. The topological polar surface area (TPSA) is 28.2 Å². The van der Waals surface area contributed by atoms with Crippen LogP contribution in [0.4, 0.5) is 5.82 Å². The van der Waals surface area contributed by atoms with E-state index in [0.29, 0.717) is 0 Å². The Hall–Kier alpha value is -1.09. The van der Waals surface area contributed by atoms with Gasteiger partial charge in [0.05, 0.1) is 0 Å². The molecule has 0 amide bonds. The Morgan fingerprint density at radius 2 is 2.00 bits per heavy atom. The van der Waals surface area contributed by atoms with Crippen LogP contribution >= 0.6 is 0 Å². The second-order valence-electron chi connectivity index (χ2n) is 5.53. The highest BCUT2D eigenvalue weighted by Crippen LogP contribution is 2.19. The molecule has 1 aromatic rings. The number of aromatic nitrogens is 1. The molecule has 17 heavy (non-hydrogen) atoms. The molecule has 1 N–H and O–H groups in total. The van der Waals surface area contributed by atoms with Crippen molar-refractivity contribution in [1.82, 2.24) is 10.3 Å². The van der Waals surface area contributed by atoms with Gasteiger partial charge in [-0.1, -0.05) is 6.07 Å². The lowest BCUT2D eigenvalue weighted by atomic mass is 9.96. The van der Waals surface area contributed by atoms with Gasteiger partial charge in [-0.2, -0.15) is 0 Å². The molecule has 0 atom stereocenters. The average Bonchev–Trinajstić information content (AvgIpc) is 2.83. The summed E-state index contributed by atoms with van der Waals surface area (Å²) in [7, 11) is 2.01. The van der Waals surface area contributed by atoms with Gasteiger partial charge in [-0.05, 0) is 51.8 Å². The van der Waals surface area contributed by atoms with Crippen LogP contribution in [-0.2, 0) is 6.42 Å². The lowest BCUT2D eigenvalue weighted by Crippen LogP contribution is -2.38. The molecule has 0 bridgehead atoms. The molecule has 2 rings (SSSR count). The van der Waals surface area contributed by atoms with Crippen molar-refractivity contribution in [2.45, 2.75) is 38.6 Å². The van der Waals surface area contributed by atoms with Crippen molar-refractivity contribution in [2.24, 2.45) is 0 Å². The maximum atomic E-state index is 4.58. The minimum Gasteiger partial charge on any atom is -0.357 e.